The smallest absolute Gasteiger partial charge is 0.295 e. The number of nitrogen functional groups attached to an aromatic ring is 1. The summed E-state index contributed by atoms with van der Waals surface area (Å²) in [4.78, 5) is 3.77. The van der Waals surface area contributed by atoms with Gasteiger partial charge in [-0.1, -0.05) is 36.4 Å². The average molecular weight is 434 g/mol. The molecule has 31 heavy (non-hydrogen) atoms. The van der Waals surface area contributed by atoms with Crippen LogP contribution in [0.4, 0.5) is 17.1 Å². The zero-order valence-corrected chi connectivity index (χ0v) is 17.0. The van der Waals surface area contributed by atoms with Crippen LogP contribution in [0, 0.1) is 0 Å². The van der Waals surface area contributed by atoms with E-state index in [4.69, 9.17) is 10.5 Å². The Morgan fingerprint density at radius 1 is 0.968 bits per heavy atom. The molecule has 4 aromatic rings. The van der Waals surface area contributed by atoms with Crippen LogP contribution in [0.5, 0.6) is 5.75 Å². The summed E-state index contributed by atoms with van der Waals surface area (Å²) < 4.78 is 39.0. The zero-order valence-electron chi connectivity index (χ0n) is 16.2. The third kappa shape index (κ3) is 4.68. The Balaban J connectivity index is 1.64. The van der Waals surface area contributed by atoms with Crippen LogP contribution in [-0.4, -0.2) is 18.0 Å². The van der Waals surface area contributed by atoms with Gasteiger partial charge in [-0.05, 0) is 24.3 Å². The highest BCUT2D eigenvalue weighted by Crippen LogP contribution is 2.36. The molecular formula is C22H18N4O4S. The Labute approximate surface area is 178 Å². The van der Waals surface area contributed by atoms with E-state index in [1.807, 2.05) is 12.1 Å². The Kier molecular flexibility index (Phi) is 5.61. The molecule has 0 unspecified atom stereocenters. The fourth-order valence-corrected chi connectivity index (χ4v) is 3.76. The lowest BCUT2D eigenvalue weighted by molar-refractivity contribution is 0.306. The molecule has 0 aliphatic heterocycles. The molecule has 0 aliphatic carbocycles. The molecule has 0 saturated heterocycles. The summed E-state index contributed by atoms with van der Waals surface area (Å²) >= 11 is 0. The van der Waals surface area contributed by atoms with Crippen molar-refractivity contribution in [1.82, 2.24) is 4.98 Å². The van der Waals surface area contributed by atoms with Crippen molar-refractivity contribution >= 4 is 38.0 Å². The largest absolute Gasteiger partial charge is 0.489 e. The van der Waals surface area contributed by atoms with Crippen molar-refractivity contribution < 1.29 is 17.7 Å². The summed E-state index contributed by atoms with van der Waals surface area (Å²) in [6, 6.07) is 18.5. The molecule has 0 fully saturated rings. The van der Waals surface area contributed by atoms with Crippen LogP contribution < -0.4 is 10.5 Å². The van der Waals surface area contributed by atoms with Crippen molar-refractivity contribution in [3.05, 3.63) is 84.7 Å². The zero-order chi connectivity index (χ0) is 21.8. The van der Waals surface area contributed by atoms with Gasteiger partial charge in [-0.25, -0.2) is 0 Å². The molecule has 0 spiro atoms. The number of ether oxygens (including phenoxy) is 1. The number of fused-ring (bicyclic) bond motifs is 1. The molecule has 0 radical (unpaired) electrons. The van der Waals surface area contributed by atoms with Crippen molar-refractivity contribution in [2.24, 2.45) is 10.2 Å². The number of nitrogens with zero attached hydrogens (tertiary/aromatic N) is 3. The van der Waals surface area contributed by atoms with Gasteiger partial charge in [0.05, 0.1) is 11.4 Å². The van der Waals surface area contributed by atoms with Gasteiger partial charge in [0.25, 0.3) is 10.1 Å². The molecular weight excluding hydrogens is 416 g/mol. The molecule has 3 aromatic carbocycles. The molecule has 0 bridgehead atoms. The molecule has 0 atom stereocenters. The van der Waals surface area contributed by atoms with E-state index < -0.39 is 10.1 Å². The van der Waals surface area contributed by atoms with E-state index >= 15 is 0 Å². The Hall–Kier alpha value is -3.82. The highest BCUT2D eigenvalue weighted by atomic mass is 32.2. The van der Waals surface area contributed by atoms with E-state index in [0.717, 1.165) is 5.56 Å². The predicted molar refractivity (Wildman–Crippen MR) is 117 cm³/mol. The van der Waals surface area contributed by atoms with Crippen molar-refractivity contribution in [3.8, 4) is 5.75 Å². The lowest BCUT2D eigenvalue weighted by Gasteiger charge is -2.09. The monoisotopic (exact) mass is 434 g/mol. The van der Waals surface area contributed by atoms with Gasteiger partial charge < -0.3 is 10.5 Å². The lowest BCUT2D eigenvalue weighted by atomic mass is 10.1. The van der Waals surface area contributed by atoms with E-state index in [2.05, 4.69) is 15.2 Å². The van der Waals surface area contributed by atoms with E-state index in [0.29, 0.717) is 28.8 Å². The first-order valence-electron chi connectivity index (χ1n) is 9.24. The van der Waals surface area contributed by atoms with Crippen molar-refractivity contribution in [2.45, 2.75) is 11.5 Å². The van der Waals surface area contributed by atoms with E-state index in [-0.39, 0.29) is 16.3 Å². The fraction of sp³-hybridized carbons (Fsp3) is 0.0455. The maximum absolute atomic E-state index is 11.8. The van der Waals surface area contributed by atoms with Crippen LogP contribution in [0.3, 0.4) is 0 Å². The number of nitrogens with two attached hydrogens (primary N) is 1. The standard InChI is InChI=1S/C22H18N4O4S/c23-22-19-9-2-1-8-18(19)21(31(27,28)29)12-20(22)26-25-16-6-3-7-17(11-16)30-14-15-5-4-10-24-13-15/h1-13H,14,23H2,(H,27,28,29)/b26-25+. The van der Waals surface area contributed by atoms with Crippen LogP contribution >= 0.6 is 0 Å². The van der Waals surface area contributed by atoms with E-state index in [9.17, 15) is 13.0 Å². The van der Waals surface area contributed by atoms with Crippen LogP contribution in [0.15, 0.2) is 94.2 Å². The molecule has 0 aliphatic rings. The molecule has 1 heterocycles. The molecule has 0 amide bonds. The first-order chi connectivity index (χ1) is 14.9. The van der Waals surface area contributed by atoms with E-state index in [1.165, 1.54) is 6.07 Å². The van der Waals surface area contributed by atoms with Crippen molar-refractivity contribution in [3.63, 3.8) is 0 Å². The SMILES string of the molecule is Nc1c(/N=N/c2cccc(OCc3cccnc3)c2)cc(S(=O)(=O)O)c2ccccc12. The summed E-state index contributed by atoms with van der Waals surface area (Å²) in [7, 11) is -4.47. The highest BCUT2D eigenvalue weighted by molar-refractivity contribution is 7.86. The number of rotatable bonds is 6. The molecule has 9 heteroatoms. The van der Waals surface area contributed by atoms with Gasteiger partial charge in [0, 0.05) is 34.8 Å². The number of benzene rings is 3. The normalized spacial score (nSPS) is 11.8. The van der Waals surface area contributed by atoms with Crippen LogP contribution in [-0.2, 0) is 16.7 Å². The maximum Gasteiger partial charge on any atom is 0.295 e. The summed E-state index contributed by atoms with van der Waals surface area (Å²) in [6.07, 6.45) is 3.41. The topological polar surface area (TPSA) is 127 Å². The second-order valence-electron chi connectivity index (χ2n) is 6.68. The van der Waals surface area contributed by atoms with E-state index in [1.54, 1.807) is 60.9 Å². The molecule has 0 saturated carbocycles. The predicted octanol–water partition coefficient (Wildman–Crippen LogP) is 5.06. The summed E-state index contributed by atoms with van der Waals surface area (Å²) in [5, 5.41) is 9.05. The fourth-order valence-electron chi connectivity index (χ4n) is 3.04. The summed E-state index contributed by atoms with van der Waals surface area (Å²) in [5.74, 6) is 0.588. The molecule has 8 nitrogen and oxygen atoms in total. The number of hydrogen-bond donors (Lipinski definition) is 2. The molecule has 1 aromatic heterocycles. The minimum atomic E-state index is -4.47. The van der Waals surface area contributed by atoms with Crippen LogP contribution in [0.2, 0.25) is 0 Å². The number of aromatic nitrogens is 1. The first kappa shape index (κ1) is 20.5. The number of pyridine rings is 1. The van der Waals surface area contributed by atoms with Gasteiger partial charge in [0.2, 0.25) is 0 Å². The third-order valence-electron chi connectivity index (χ3n) is 4.52. The third-order valence-corrected chi connectivity index (χ3v) is 5.42. The van der Waals surface area contributed by atoms with Crippen LogP contribution in [0.1, 0.15) is 5.56 Å². The molecule has 3 N–H and O–H groups in total. The van der Waals surface area contributed by atoms with Gasteiger partial charge in [0.1, 0.15) is 22.9 Å². The average Bonchev–Trinajstić information content (AvgIpc) is 2.77. The van der Waals surface area contributed by atoms with Crippen molar-refractivity contribution in [2.75, 3.05) is 5.73 Å². The van der Waals surface area contributed by atoms with Gasteiger partial charge in [-0.2, -0.15) is 13.5 Å². The van der Waals surface area contributed by atoms with Gasteiger partial charge in [-0.15, -0.1) is 5.11 Å². The summed E-state index contributed by atoms with van der Waals surface area (Å²) in [6.45, 7) is 0.351. The minimum Gasteiger partial charge on any atom is -0.489 e. The van der Waals surface area contributed by atoms with Crippen LogP contribution in [0.25, 0.3) is 10.8 Å². The van der Waals surface area contributed by atoms with Gasteiger partial charge in [-0.3, -0.25) is 9.54 Å². The number of azo groups is 1. The molecule has 156 valence electrons. The first-order valence-corrected chi connectivity index (χ1v) is 10.7. The number of hydrogen-bond acceptors (Lipinski definition) is 7. The molecule has 4 rings (SSSR count). The minimum absolute atomic E-state index is 0.132. The quantitative estimate of drug-likeness (QED) is 0.248. The maximum atomic E-state index is 11.8. The Morgan fingerprint density at radius 2 is 1.77 bits per heavy atom. The summed E-state index contributed by atoms with van der Waals surface area (Å²) in [5.41, 5.74) is 7.99. The highest BCUT2D eigenvalue weighted by Gasteiger charge is 2.18. The Bertz CT molecular complexity index is 1370. The lowest BCUT2D eigenvalue weighted by Crippen LogP contribution is -2.01. The second kappa shape index (κ2) is 8.50. The van der Waals surface area contributed by atoms with Crippen molar-refractivity contribution in [1.29, 1.82) is 0 Å². The van der Waals surface area contributed by atoms with Gasteiger partial charge in [0.15, 0.2) is 0 Å². The Morgan fingerprint density at radius 3 is 2.52 bits per heavy atom. The van der Waals surface area contributed by atoms with Gasteiger partial charge >= 0.3 is 0 Å². The number of anilines is 1. The second-order valence-corrected chi connectivity index (χ2v) is 8.07.